The first-order chi connectivity index (χ1) is 7.13. The standard InChI is InChI=1S/C11H14BrNO2/c1-8(6-12)7-13-11(15)9-3-2-4-10(14)5-9/h2-5,8,14H,6-7H2,1H3,(H,13,15). The summed E-state index contributed by atoms with van der Waals surface area (Å²) in [6.07, 6.45) is 0. The average molecular weight is 272 g/mol. The van der Waals surface area contributed by atoms with Crippen LogP contribution in [0.4, 0.5) is 0 Å². The summed E-state index contributed by atoms with van der Waals surface area (Å²) < 4.78 is 0. The number of carbonyl (C=O) groups excluding carboxylic acids is 1. The molecule has 0 aliphatic heterocycles. The van der Waals surface area contributed by atoms with Gasteiger partial charge in [0.05, 0.1) is 0 Å². The average Bonchev–Trinajstić information content (AvgIpc) is 2.25. The molecular weight excluding hydrogens is 258 g/mol. The third-order valence-corrected chi connectivity index (χ3v) is 3.09. The summed E-state index contributed by atoms with van der Waals surface area (Å²) in [6.45, 7) is 2.66. The van der Waals surface area contributed by atoms with Crippen molar-refractivity contribution in [3.8, 4) is 5.75 Å². The van der Waals surface area contributed by atoms with Crippen LogP contribution in [0.3, 0.4) is 0 Å². The summed E-state index contributed by atoms with van der Waals surface area (Å²) in [6, 6.07) is 6.32. The van der Waals surface area contributed by atoms with Gasteiger partial charge in [0.2, 0.25) is 0 Å². The van der Waals surface area contributed by atoms with E-state index < -0.39 is 0 Å². The van der Waals surface area contributed by atoms with Crippen molar-refractivity contribution < 1.29 is 9.90 Å². The van der Waals surface area contributed by atoms with Gasteiger partial charge in [0.15, 0.2) is 0 Å². The van der Waals surface area contributed by atoms with Gasteiger partial charge in [-0.2, -0.15) is 0 Å². The highest BCUT2D eigenvalue weighted by molar-refractivity contribution is 9.09. The molecule has 1 atom stereocenters. The fourth-order valence-corrected chi connectivity index (χ4v) is 1.30. The molecule has 1 unspecified atom stereocenters. The van der Waals surface area contributed by atoms with Crippen LogP contribution in [0.25, 0.3) is 0 Å². The summed E-state index contributed by atoms with van der Waals surface area (Å²) in [5.41, 5.74) is 0.483. The lowest BCUT2D eigenvalue weighted by molar-refractivity contribution is 0.0949. The normalized spacial score (nSPS) is 12.1. The highest BCUT2D eigenvalue weighted by Gasteiger charge is 2.07. The maximum atomic E-state index is 11.6. The van der Waals surface area contributed by atoms with Crippen molar-refractivity contribution >= 4 is 21.8 Å². The molecule has 0 saturated carbocycles. The number of aromatic hydroxyl groups is 1. The maximum Gasteiger partial charge on any atom is 0.251 e. The molecular formula is C11H14BrNO2. The maximum absolute atomic E-state index is 11.6. The van der Waals surface area contributed by atoms with Crippen LogP contribution in [0.1, 0.15) is 17.3 Å². The number of amides is 1. The Bertz CT molecular complexity index is 341. The topological polar surface area (TPSA) is 49.3 Å². The fourth-order valence-electron chi connectivity index (χ4n) is 1.07. The van der Waals surface area contributed by atoms with Crippen molar-refractivity contribution in [3.05, 3.63) is 29.8 Å². The van der Waals surface area contributed by atoms with E-state index in [4.69, 9.17) is 0 Å². The molecule has 1 aromatic rings. The van der Waals surface area contributed by atoms with Crippen molar-refractivity contribution in [2.75, 3.05) is 11.9 Å². The van der Waals surface area contributed by atoms with Gasteiger partial charge in [0.25, 0.3) is 5.91 Å². The van der Waals surface area contributed by atoms with E-state index in [1.165, 1.54) is 12.1 Å². The van der Waals surface area contributed by atoms with Gasteiger partial charge in [-0.05, 0) is 24.1 Å². The fraction of sp³-hybridized carbons (Fsp3) is 0.364. The number of phenolic OH excluding ortho intramolecular Hbond substituents is 1. The van der Waals surface area contributed by atoms with Crippen molar-refractivity contribution in [2.24, 2.45) is 5.92 Å². The molecule has 0 fully saturated rings. The van der Waals surface area contributed by atoms with Crippen LogP contribution in [0.15, 0.2) is 24.3 Å². The van der Waals surface area contributed by atoms with Crippen LogP contribution in [0, 0.1) is 5.92 Å². The highest BCUT2D eigenvalue weighted by Crippen LogP contribution is 2.10. The first kappa shape index (κ1) is 12.0. The van der Waals surface area contributed by atoms with Crippen molar-refractivity contribution in [1.29, 1.82) is 0 Å². The lowest BCUT2D eigenvalue weighted by Gasteiger charge is -2.09. The number of benzene rings is 1. The van der Waals surface area contributed by atoms with Gasteiger partial charge in [-0.3, -0.25) is 4.79 Å². The minimum atomic E-state index is -0.154. The molecule has 0 radical (unpaired) electrons. The molecule has 3 nitrogen and oxygen atoms in total. The van der Waals surface area contributed by atoms with E-state index >= 15 is 0 Å². The first-order valence-electron chi connectivity index (χ1n) is 4.76. The lowest BCUT2D eigenvalue weighted by atomic mass is 10.2. The lowest BCUT2D eigenvalue weighted by Crippen LogP contribution is -2.28. The van der Waals surface area contributed by atoms with E-state index in [1.54, 1.807) is 12.1 Å². The zero-order valence-electron chi connectivity index (χ0n) is 8.53. The minimum absolute atomic E-state index is 0.108. The smallest absolute Gasteiger partial charge is 0.251 e. The quantitative estimate of drug-likeness (QED) is 0.825. The Kier molecular flexibility index (Phi) is 4.62. The van der Waals surface area contributed by atoms with Gasteiger partial charge in [-0.15, -0.1) is 0 Å². The summed E-state index contributed by atoms with van der Waals surface area (Å²) in [5.74, 6) is 0.348. The molecule has 1 aromatic carbocycles. The molecule has 1 amide bonds. The molecule has 0 heterocycles. The second kappa shape index (κ2) is 5.75. The molecule has 0 saturated heterocycles. The van der Waals surface area contributed by atoms with E-state index in [0.717, 1.165) is 5.33 Å². The van der Waals surface area contributed by atoms with Crippen LogP contribution >= 0.6 is 15.9 Å². The number of rotatable bonds is 4. The van der Waals surface area contributed by atoms with E-state index in [-0.39, 0.29) is 11.7 Å². The van der Waals surface area contributed by atoms with Crippen LogP contribution < -0.4 is 5.32 Å². The highest BCUT2D eigenvalue weighted by atomic mass is 79.9. The monoisotopic (exact) mass is 271 g/mol. The second-order valence-electron chi connectivity index (χ2n) is 3.52. The zero-order chi connectivity index (χ0) is 11.3. The molecule has 0 aliphatic rings. The largest absolute Gasteiger partial charge is 0.508 e. The third kappa shape index (κ3) is 3.91. The van der Waals surface area contributed by atoms with E-state index in [1.807, 2.05) is 6.92 Å². The van der Waals surface area contributed by atoms with Crippen molar-refractivity contribution in [1.82, 2.24) is 5.32 Å². The molecule has 1 rings (SSSR count). The van der Waals surface area contributed by atoms with Crippen LogP contribution in [0.2, 0.25) is 0 Å². The van der Waals surface area contributed by atoms with Crippen molar-refractivity contribution in [2.45, 2.75) is 6.92 Å². The Morgan fingerprint density at radius 1 is 1.60 bits per heavy atom. The second-order valence-corrected chi connectivity index (χ2v) is 4.17. The zero-order valence-corrected chi connectivity index (χ0v) is 10.1. The van der Waals surface area contributed by atoms with E-state index in [0.29, 0.717) is 18.0 Å². The predicted octanol–water partition coefficient (Wildman–Crippen LogP) is 2.15. The Balaban J connectivity index is 2.54. The summed E-state index contributed by atoms with van der Waals surface area (Å²) in [4.78, 5) is 11.6. The molecule has 0 bridgehead atoms. The van der Waals surface area contributed by atoms with Crippen molar-refractivity contribution in [3.63, 3.8) is 0 Å². The molecule has 0 aliphatic carbocycles. The van der Waals surface area contributed by atoms with Crippen LogP contribution in [0.5, 0.6) is 5.75 Å². The number of hydrogen-bond donors (Lipinski definition) is 2. The summed E-state index contributed by atoms with van der Waals surface area (Å²) >= 11 is 3.34. The molecule has 2 N–H and O–H groups in total. The van der Waals surface area contributed by atoms with Gasteiger partial charge in [-0.1, -0.05) is 28.9 Å². The molecule has 82 valence electrons. The third-order valence-electron chi connectivity index (χ3n) is 1.98. The van der Waals surface area contributed by atoms with Crippen LogP contribution in [-0.4, -0.2) is 22.9 Å². The predicted molar refractivity (Wildman–Crippen MR) is 63.4 cm³/mol. The van der Waals surface area contributed by atoms with E-state index in [9.17, 15) is 9.90 Å². The molecule has 4 heteroatoms. The summed E-state index contributed by atoms with van der Waals surface area (Å²) in [7, 11) is 0. The summed E-state index contributed by atoms with van der Waals surface area (Å²) in [5, 5.41) is 12.8. The van der Waals surface area contributed by atoms with Gasteiger partial charge < -0.3 is 10.4 Å². The molecule has 0 aromatic heterocycles. The van der Waals surface area contributed by atoms with Crippen LogP contribution in [-0.2, 0) is 0 Å². The Hall–Kier alpha value is -1.03. The minimum Gasteiger partial charge on any atom is -0.508 e. The Labute approximate surface area is 97.6 Å². The molecule has 15 heavy (non-hydrogen) atoms. The van der Waals surface area contributed by atoms with Gasteiger partial charge in [0.1, 0.15) is 5.75 Å². The van der Waals surface area contributed by atoms with Gasteiger partial charge in [0, 0.05) is 17.4 Å². The molecule has 0 spiro atoms. The van der Waals surface area contributed by atoms with E-state index in [2.05, 4.69) is 21.2 Å². The Morgan fingerprint density at radius 2 is 2.33 bits per heavy atom. The SMILES string of the molecule is CC(CBr)CNC(=O)c1cccc(O)c1. The Morgan fingerprint density at radius 3 is 2.93 bits per heavy atom. The van der Waals surface area contributed by atoms with Gasteiger partial charge >= 0.3 is 0 Å². The number of nitrogens with one attached hydrogen (secondary N) is 1. The number of hydrogen-bond acceptors (Lipinski definition) is 2. The number of phenols is 1. The van der Waals surface area contributed by atoms with Gasteiger partial charge in [-0.25, -0.2) is 0 Å². The number of halogens is 1. The number of alkyl halides is 1. The number of carbonyl (C=O) groups is 1. The first-order valence-corrected chi connectivity index (χ1v) is 5.89.